The summed E-state index contributed by atoms with van der Waals surface area (Å²) in [5.74, 6) is 0. The summed E-state index contributed by atoms with van der Waals surface area (Å²) in [4.78, 5) is 22.9. The molecular formula is C9H19NO3Si. The summed E-state index contributed by atoms with van der Waals surface area (Å²) in [6, 6.07) is 1.10. The van der Waals surface area contributed by atoms with Gasteiger partial charge in [-0.25, -0.2) is 4.79 Å². The van der Waals surface area contributed by atoms with E-state index in [1.807, 2.05) is 13.8 Å². The molecule has 0 aromatic carbocycles. The van der Waals surface area contributed by atoms with Crippen molar-refractivity contribution in [2.24, 2.45) is 0 Å². The molecule has 0 saturated carbocycles. The Labute approximate surface area is 87.4 Å². The minimum atomic E-state index is -0.504. The molecule has 0 spiro atoms. The third-order valence-electron chi connectivity index (χ3n) is 1.82. The summed E-state index contributed by atoms with van der Waals surface area (Å²) in [5.41, 5.74) is 0.0202. The topological polar surface area (TPSA) is 46.6 Å². The highest BCUT2D eigenvalue weighted by Crippen LogP contribution is 1.98. The minimum Gasteiger partial charge on any atom is -0.451 e. The first-order valence-electron chi connectivity index (χ1n) is 5.08. The highest BCUT2D eigenvalue weighted by atomic mass is 28.2. The Kier molecular flexibility index (Phi) is 7.10. The summed E-state index contributed by atoms with van der Waals surface area (Å²) in [6.07, 6.45) is 0.787. The highest BCUT2D eigenvalue weighted by Gasteiger charge is 2.15. The molecule has 0 aliphatic carbocycles. The van der Waals surface area contributed by atoms with Gasteiger partial charge >= 0.3 is 6.09 Å². The fraction of sp³-hybridized carbons (Fsp3) is 0.778. The van der Waals surface area contributed by atoms with Crippen molar-refractivity contribution in [1.29, 1.82) is 0 Å². The number of imide groups is 1. The molecule has 14 heavy (non-hydrogen) atoms. The fourth-order valence-electron chi connectivity index (χ4n) is 1.13. The highest BCUT2D eigenvalue weighted by molar-refractivity contribution is 6.37. The minimum absolute atomic E-state index is 0.0202. The normalized spacial score (nSPS) is 12.8. The van der Waals surface area contributed by atoms with E-state index >= 15 is 0 Å². The Hall–Kier alpha value is -0.843. The standard InChI is InChI=1S/C9H19NO3Si/c1-4-6-10(7-11)9(12)13-8(3)14-5-2/h7-8H,4-6,14H2,1-3H3. The van der Waals surface area contributed by atoms with E-state index in [2.05, 4.69) is 6.92 Å². The van der Waals surface area contributed by atoms with Gasteiger partial charge in [0.2, 0.25) is 6.41 Å². The van der Waals surface area contributed by atoms with Gasteiger partial charge in [-0.05, 0) is 13.3 Å². The van der Waals surface area contributed by atoms with Gasteiger partial charge in [0.1, 0.15) is 0 Å². The number of amides is 2. The molecule has 0 heterocycles. The number of hydrogen-bond donors (Lipinski definition) is 0. The van der Waals surface area contributed by atoms with Gasteiger partial charge in [0.05, 0.1) is 15.2 Å². The first-order valence-corrected chi connectivity index (χ1v) is 6.89. The van der Waals surface area contributed by atoms with Crippen molar-refractivity contribution >= 4 is 22.0 Å². The maximum absolute atomic E-state index is 11.3. The molecule has 0 aromatic rings. The van der Waals surface area contributed by atoms with Gasteiger partial charge in [-0.1, -0.05) is 19.9 Å². The van der Waals surface area contributed by atoms with Gasteiger partial charge < -0.3 is 4.74 Å². The van der Waals surface area contributed by atoms with Gasteiger partial charge in [-0.15, -0.1) is 0 Å². The second-order valence-electron chi connectivity index (χ2n) is 3.28. The van der Waals surface area contributed by atoms with E-state index in [9.17, 15) is 9.59 Å². The van der Waals surface area contributed by atoms with Crippen molar-refractivity contribution in [3.05, 3.63) is 0 Å². The Bertz CT molecular complexity index is 187. The van der Waals surface area contributed by atoms with Crippen molar-refractivity contribution in [3.63, 3.8) is 0 Å². The molecule has 0 radical (unpaired) electrons. The Morgan fingerprint density at radius 1 is 1.57 bits per heavy atom. The largest absolute Gasteiger partial charge is 0.451 e. The van der Waals surface area contributed by atoms with Crippen LogP contribution in [0.4, 0.5) is 4.79 Å². The van der Waals surface area contributed by atoms with Crippen LogP contribution in [0.15, 0.2) is 0 Å². The molecule has 0 rings (SSSR count). The lowest BCUT2D eigenvalue weighted by atomic mass is 10.4. The van der Waals surface area contributed by atoms with Crippen LogP contribution in [0.25, 0.3) is 0 Å². The SMILES string of the molecule is CCCN(C=O)C(=O)OC(C)[SiH2]CC. The summed E-state index contributed by atoms with van der Waals surface area (Å²) in [7, 11) is -0.336. The van der Waals surface area contributed by atoms with Crippen molar-refractivity contribution in [2.75, 3.05) is 6.54 Å². The number of carbonyl (C=O) groups is 2. The van der Waals surface area contributed by atoms with E-state index < -0.39 is 6.09 Å². The third-order valence-corrected chi connectivity index (χ3v) is 3.38. The lowest BCUT2D eigenvalue weighted by Gasteiger charge is -2.17. The average Bonchev–Trinajstić information content (AvgIpc) is 2.14. The molecule has 0 N–H and O–H groups in total. The second kappa shape index (κ2) is 7.55. The van der Waals surface area contributed by atoms with Crippen LogP contribution in [0.2, 0.25) is 6.04 Å². The Morgan fingerprint density at radius 3 is 2.64 bits per heavy atom. The Morgan fingerprint density at radius 2 is 2.21 bits per heavy atom. The number of nitrogens with zero attached hydrogens (tertiary/aromatic N) is 1. The van der Waals surface area contributed by atoms with E-state index in [4.69, 9.17) is 4.74 Å². The van der Waals surface area contributed by atoms with Gasteiger partial charge in [0.25, 0.3) is 0 Å². The predicted octanol–water partition coefficient (Wildman–Crippen LogP) is 0.944. The summed E-state index contributed by atoms with van der Waals surface area (Å²) in [6.45, 7) is 6.32. The lowest BCUT2D eigenvalue weighted by molar-refractivity contribution is -0.116. The van der Waals surface area contributed by atoms with Crippen LogP contribution in [0.5, 0.6) is 0 Å². The van der Waals surface area contributed by atoms with Crippen LogP contribution in [0, 0.1) is 0 Å². The van der Waals surface area contributed by atoms with Crippen molar-refractivity contribution in [1.82, 2.24) is 4.90 Å². The van der Waals surface area contributed by atoms with E-state index in [0.29, 0.717) is 13.0 Å². The quantitative estimate of drug-likeness (QED) is 0.491. The van der Waals surface area contributed by atoms with Crippen LogP contribution < -0.4 is 0 Å². The third kappa shape index (κ3) is 5.01. The first kappa shape index (κ1) is 13.2. The molecule has 0 saturated heterocycles. The molecule has 5 heteroatoms. The zero-order chi connectivity index (χ0) is 11.0. The molecule has 0 aromatic heterocycles. The van der Waals surface area contributed by atoms with Crippen molar-refractivity contribution in [3.8, 4) is 0 Å². The van der Waals surface area contributed by atoms with Gasteiger partial charge in [-0.2, -0.15) is 0 Å². The van der Waals surface area contributed by atoms with Crippen LogP contribution in [-0.2, 0) is 9.53 Å². The fourth-order valence-corrected chi connectivity index (χ4v) is 2.21. The van der Waals surface area contributed by atoms with Gasteiger partial charge in [0, 0.05) is 6.54 Å². The van der Waals surface area contributed by atoms with Crippen LogP contribution in [0.3, 0.4) is 0 Å². The van der Waals surface area contributed by atoms with Gasteiger partial charge in [-0.3, -0.25) is 9.69 Å². The van der Waals surface area contributed by atoms with E-state index in [0.717, 1.165) is 17.4 Å². The first-order chi connectivity index (χ1) is 6.65. The van der Waals surface area contributed by atoms with Crippen LogP contribution >= 0.6 is 0 Å². The molecule has 0 fully saturated rings. The predicted molar refractivity (Wildman–Crippen MR) is 58.0 cm³/mol. The van der Waals surface area contributed by atoms with E-state index in [-0.39, 0.29) is 15.2 Å². The van der Waals surface area contributed by atoms with E-state index in [1.165, 1.54) is 0 Å². The molecule has 1 atom stereocenters. The summed E-state index contributed by atoms with van der Waals surface area (Å²) < 4.78 is 5.11. The molecule has 0 aliphatic rings. The monoisotopic (exact) mass is 217 g/mol. The summed E-state index contributed by atoms with van der Waals surface area (Å²) >= 11 is 0. The smallest absolute Gasteiger partial charge is 0.416 e. The lowest BCUT2D eigenvalue weighted by Crippen LogP contribution is -2.34. The maximum Gasteiger partial charge on any atom is 0.416 e. The molecular weight excluding hydrogens is 198 g/mol. The van der Waals surface area contributed by atoms with Gasteiger partial charge in [0.15, 0.2) is 0 Å². The molecule has 0 bridgehead atoms. The number of ether oxygens (including phenoxy) is 1. The summed E-state index contributed by atoms with van der Waals surface area (Å²) in [5, 5.41) is 0. The number of hydrogen-bond acceptors (Lipinski definition) is 3. The molecule has 0 aliphatic heterocycles. The molecule has 82 valence electrons. The maximum atomic E-state index is 11.3. The van der Waals surface area contributed by atoms with E-state index in [1.54, 1.807) is 0 Å². The van der Waals surface area contributed by atoms with Crippen LogP contribution in [-0.4, -0.2) is 39.2 Å². The van der Waals surface area contributed by atoms with Crippen molar-refractivity contribution < 1.29 is 14.3 Å². The number of rotatable bonds is 6. The average molecular weight is 217 g/mol. The zero-order valence-electron chi connectivity index (χ0n) is 9.16. The molecule has 2 amide bonds. The molecule has 4 nitrogen and oxygen atoms in total. The number of carbonyl (C=O) groups excluding carboxylic acids is 2. The second-order valence-corrected chi connectivity index (χ2v) is 6.01. The van der Waals surface area contributed by atoms with Crippen molar-refractivity contribution in [2.45, 2.75) is 39.0 Å². The zero-order valence-corrected chi connectivity index (χ0v) is 10.6. The van der Waals surface area contributed by atoms with Crippen LogP contribution in [0.1, 0.15) is 27.2 Å². The molecule has 1 unspecified atom stereocenters. The Balaban J connectivity index is 3.96.